The molecule has 2 aromatic rings. The zero-order chi connectivity index (χ0) is 17.0. The number of hydrogen-bond acceptors (Lipinski definition) is 5. The number of benzene rings is 1. The molecule has 1 aromatic heterocycles. The van der Waals surface area contributed by atoms with E-state index in [1.54, 1.807) is 7.05 Å². The maximum absolute atomic E-state index is 12.9. The lowest BCUT2D eigenvalue weighted by molar-refractivity contribution is -0.137. The minimum Gasteiger partial charge on any atom is -0.480 e. The van der Waals surface area contributed by atoms with Crippen LogP contribution in [0.25, 0.3) is 0 Å². The maximum atomic E-state index is 12.9. The first kappa shape index (κ1) is 17.0. The second-order valence-electron chi connectivity index (χ2n) is 4.36. The van der Waals surface area contributed by atoms with E-state index in [0.29, 0.717) is 0 Å². The number of nitrogens with one attached hydrogen (secondary N) is 1. The molecule has 1 N–H and O–H groups in total. The summed E-state index contributed by atoms with van der Waals surface area (Å²) in [7, 11) is 1.55. The fourth-order valence-electron chi connectivity index (χ4n) is 1.83. The largest absolute Gasteiger partial charge is 0.480 e. The molecular weight excluding hydrogens is 335 g/mol. The topological polar surface area (TPSA) is 64.1 Å². The van der Waals surface area contributed by atoms with E-state index in [1.807, 2.05) is 0 Å². The van der Waals surface area contributed by atoms with Crippen molar-refractivity contribution < 1.29 is 22.7 Å². The van der Waals surface area contributed by atoms with Crippen molar-refractivity contribution in [2.24, 2.45) is 0 Å². The first-order valence-electron chi connectivity index (χ1n) is 6.35. The number of ether oxygens (including phenoxy) is 1. The Kier molecular flexibility index (Phi) is 5.05. The molecule has 122 valence electrons. The second-order valence-corrected chi connectivity index (χ2v) is 4.70. The summed E-state index contributed by atoms with van der Waals surface area (Å²) < 4.78 is 43.9. The first-order valence-corrected chi connectivity index (χ1v) is 6.73. The van der Waals surface area contributed by atoms with Gasteiger partial charge in [0, 0.05) is 12.6 Å². The van der Waals surface area contributed by atoms with Crippen LogP contribution in [0.5, 0.6) is 5.75 Å². The number of anilines is 1. The van der Waals surface area contributed by atoms with Gasteiger partial charge in [-0.3, -0.25) is 4.79 Å². The monoisotopic (exact) mass is 345 g/mol. The lowest BCUT2D eigenvalue weighted by atomic mass is 10.0. The molecule has 0 saturated heterocycles. The minimum atomic E-state index is -4.62. The van der Waals surface area contributed by atoms with Gasteiger partial charge in [-0.25, -0.2) is 4.98 Å². The van der Waals surface area contributed by atoms with Crippen molar-refractivity contribution in [2.75, 3.05) is 19.0 Å². The fourth-order valence-corrected chi connectivity index (χ4v) is 1.96. The smallest absolute Gasteiger partial charge is 0.417 e. The van der Waals surface area contributed by atoms with E-state index in [-0.39, 0.29) is 16.9 Å². The first-order chi connectivity index (χ1) is 10.8. The lowest BCUT2D eigenvalue weighted by Gasteiger charge is -2.13. The standard InChI is InChI=1S/C14H11ClF3N3O2/c1-19-12-11(6-20-13(15)21-12)23-7-10(22)8-4-2-3-5-9(8)14(16,17)18/h2-6H,7H2,1H3,(H,19,20,21). The Hall–Kier alpha value is -2.35. The van der Waals surface area contributed by atoms with Gasteiger partial charge in [-0.15, -0.1) is 0 Å². The number of alkyl halides is 3. The molecule has 23 heavy (non-hydrogen) atoms. The zero-order valence-electron chi connectivity index (χ0n) is 11.8. The van der Waals surface area contributed by atoms with Gasteiger partial charge in [0.25, 0.3) is 0 Å². The minimum absolute atomic E-state index is 0.0320. The van der Waals surface area contributed by atoms with Crippen LogP contribution in [0.15, 0.2) is 30.5 Å². The third-order valence-corrected chi connectivity index (χ3v) is 3.04. The molecule has 0 bridgehead atoms. The number of rotatable bonds is 5. The molecule has 0 atom stereocenters. The van der Waals surface area contributed by atoms with Crippen LogP contribution >= 0.6 is 11.6 Å². The molecule has 0 aliphatic carbocycles. The third-order valence-electron chi connectivity index (χ3n) is 2.85. The number of carbonyl (C=O) groups excluding carboxylic acids is 1. The van der Waals surface area contributed by atoms with E-state index in [4.69, 9.17) is 16.3 Å². The fraction of sp³-hybridized carbons (Fsp3) is 0.214. The Morgan fingerprint density at radius 3 is 2.70 bits per heavy atom. The van der Waals surface area contributed by atoms with E-state index in [2.05, 4.69) is 15.3 Å². The number of halogens is 4. The molecule has 0 spiro atoms. The predicted octanol–water partition coefficient (Wildman–Crippen LogP) is 3.45. The molecule has 0 saturated carbocycles. The SMILES string of the molecule is CNc1nc(Cl)ncc1OCC(=O)c1ccccc1C(F)(F)F. The number of Topliss-reactive ketones (excluding diaryl/α,β-unsaturated/α-hetero) is 1. The van der Waals surface area contributed by atoms with Crippen LogP contribution in [-0.2, 0) is 6.18 Å². The van der Waals surface area contributed by atoms with Gasteiger partial charge in [0.05, 0.1) is 11.8 Å². The van der Waals surface area contributed by atoms with Gasteiger partial charge in [0.2, 0.25) is 11.1 Å². The average Bonchev–Trinajstić information content (AvgIpc) is 2.52. The summed E-state index contributed by atoms with van der Waals surface area (Å²) in [5.41, 5.74) is -1.46. The van der Waals surface area contributed by atoms with Crippen molar-refractivity contribution in [1.29, 1.82) is 0 Å². The highest BCUT2D eigenvalue weighted by atomic mass is 35.5. The molecule has 1 heterocycles. The van der Waals surface area contributed by atoms with Gasteiger partial charge in [-0.1, -0.05) is 18.2 Å². The molecule has 9 heteroatoms. The van der Waals surface area contributed by atoms with Crippen molar-refractivity contribution in [2.45, 2.75) is 6.18 Å². The normalized spacial score (nSPS) is 11.2. The van der Waals surface area contributed by atoms with Gasteiger partial charge in [-0.05, 0) is 17.7 Å². The van der Waals surface area contributed by atoms with E-state index < -0.39 is 29.7 Å². The Labute approximate surface area is 134 Å². The van der Waals surface area contributed by atoms with Crippen LogP contribution in [0.2, 0.25) is 5.28 Å². The van der Waals surface area contributed by atoms with E-state index in [0.717, 1.165) is 12.1 Å². The summed E-state index contributed by atoms with van der Waals surface area (Å²) >= 11 is 5.62. The Morgan fingerprint density at radius 1 is 1.35 bits per heavy atom. The summed E-state index contributed by atoms with van der Waals surface area (Å²) in [5.74, 6) is -0.480. The van der Waals surface area contributed by atoms with Crippen LogP contribution in [-0.4, -0.2) is 29.4 Å². The highest BCUT2D eigenvalue weighted by Gasteiger charge is 2.34. The van der Waals surface area contributed by atoms with Gasteiger partial charge in [0.15, 0.2) is 18.2 Å². The summed E-state index contributed by atoms with van der Waals surface area (Å²) in [4.78, 5) is 19.6. The molecule has 0 unspecified atom stereocenters. The number of nitrogens with zero attached hydrogens (tertiary/aromatic N) is 2. The molecule has 0 fully saturated rings. The van der Waals surface area contributed by atoms with Crippen molar-refractivity contribution in [3.05, 3.63) is 46.9 Å². The highest BCUT2D eigenvalue weighted by molar-refractivity contribution is 6.28. The number of hydrogen-bond donors (Lipinski definition) is 1. The predicted molar refractivity (Wildman–Crippen MR) is 77.9 cm³/mol. The quantitative estimate of drug-likeness (QED) is 0.664. The average molecular weight is 346 g/mol. The molecule has 0 amide bonds. The summed E-state index contributed by atoms with van der Waals surface area (Å²) in [6.07, 6.45) is -3.39. The summed E-state index contributed by atoms with van der Waals surface area (Å²) in [5, 5.41) is 2.65. The molecule has 0 aliphatic rings. The Balaban J connectivity index is 2.18. The van der Waals surface area contributed by atoms with Crippen LogP contribution in [0.4, 0.5) is 19.0 Å². The van der Waals surface area contributed by atoms with Crippen LogP contribution in [0.1, 0.15) is 15.9 Å². The van der Waals surface area contributed by atoms with E-state index in [9.17, 15) is 18.0 Å². The third kappa shape index (κ3) is 4.10. The van der Waals surface area contributed by atoms with Crippen LogP contribution < -0.4 is 10.1 Å². The summed E-state index contributed by atoms with van der Waals surface area (Å²) in [6.45, 7) is -0.591. The number of aromatic nitrogens is 2. The van der Waals surface area contributed by atoms with Gasteiger partial charge in [-0.2, -0.15) is 18.2 Å². The molecule has 5 nitrogen and oxygen atoms in total. The molecule has 0 radical (unpaired) electrons. The zero-order valence-corrected chi connectivity index (χ0v) is 12.6. The summed E-state index contributed by atoms with van der Waals surface area (Å²) in [6, 6.07) is 4.52. The van der Waals surface area contributed by atoms with Crippen molar-refractivity contribution in [3.63, 3.8) is 0 Å². The van der Waals surface area contributed by atoms with Crippen LogP contribution in [0.3, 0.4) is 0 Å². The highest BCUT2D eigenvalue weighted by Crippen LogP contribution is 2.32. The Morgan fingerprint density at radius 2 is 2.04 bits per heavy atom. The molecular formula is C14H11ClF3N3O2. The van der Waals surface area contributed by atoms with Gasteiger partial charge in [0.1, 0.15) is 0 Å². The maximum Gasteiger partial charge on any atom is 0.417 e. The van der Waals surface area contributed by atoms with Crippen molar-refractivity contribution in [1.82, 2.24) is 9.97 Å². The second kappa shape index (κ2) is 6.82. The molecule has 0 aliphatic heterocycles. The van der Waals surface area contributed by atoms with Gasteiger partial charge < -0.3 is 10.1 Å². The Bertz CT molecular complexity index is 723. The number of carbonyl (C=O) groups is 1. The lowest BCUT2D eigenvalue weighted by Crippen LogP contribution is -2.18. The van der Waals surface area contributed by atoms with Crippen molar-refractivity contribution >= 4 is 23.2 Å². The van der Waals surface area contributed by atoms with Crippen LogP contribution in [0, 0.1) is 0 Å². The van der Waals surface area contributed by atoms with E-state index in [1.165, 1.54) is 18.3 Å². The number of ketones is 1. The van der Waals surface area contributed by atoms with E-state index >= 15 is 0 Å². The molecule has 2 rings (SSSR count). The van der Waals surface area contributed by atoms with Crippen molar-refractivity contribution in [3.8, 4) is 5.75 Å². The molecule has 1 aromatic carbocycles. The van der Waals surface area contributed by atoms with Gasteiger partial charge >= 0.3 is 6.18 Å².